The largest absolute Gasteiger partial charge is 2.00 e. The second-order valence-electron chi connectivity index (χ2n) is 10.8. The number of para-hydroxylation sites is 1. The van der Waals surface area contributed by atoms with Gasteiger partial charge in [-0.2, -0.15) is 0 Å². The van der Waals surface area contributed by atoms with E-state index in [-0.39, 0.29) is 19.5 Å². The first-order valence-corrected chi connectivity index (χ1v) is 14.6. The third-order valence-corrected chi connectivity index (χ3v) is 8.01. The van der Waals surface area contributed by atoms with E-state index in [0.29, 0.717) is 0 Å². The van der Waals surface area contributed by atoms with E-state index in [2.05, 4.69) is 84.8 Å². The molecule has 3 aromatic carbocycles. The zero-order valence-corrected chi connectivity index (χ0v) is 27.8. The van der Waals surface area contributed by atoms with Gasteiger partial charge in [0.05, 0.1) is 28.5 Å². The molecule has 8 rings (SSSR count). The van der Waals surface area contributed by atoms with E-state index in [0.717, 1.165) is 78.5 Å². The predicted molar refractivity (Wildman–Crippen MR) is 182 cm³/mol. The summed E-state index contributed by atoms with van der Waals surface area (Å²) in [5, 5.41) is 0. The number of hydrogen-bond donors (Lipinski definition) is 0. The fourth-order valence-corrected chi connectivity index (χ4v) is 5.93. The van der Waals surface area contributed by atoms with Crippen molar-refractivity contribution in [3.63, 3.8) is 0 Å². The van der Waals surface area contributed by atoms with E-state index in [1.54, 1.807) is 0 Å². The van der Waals surface area contributed by atoms with Crippen LogP contribution in [0.2, 0.25) is 0 Å². The molecule has 0 saturated heterocycles. The molecule has 5 nitrogen and oxygen atoms in total. The van der Waals surface area contributed by atoms with Crippen molar-refractivity contribution in [2.75, 3.05) is 11.9 Å². The van der Waals surface area contributed by atoms with Crippen LogP contribution in [0.5, 0.6) is 0 Å². The second-order valence-corrected chi connectivity index (χ2v) is 10.8. The van der Waals surface area contributed by atoms with Gasteiger partial charge in [-0.05, 0) is 58.7 Å². The number of nitrogens with zero attached hydrogens (tertiary/aromatic N) is 5. The Labute approximate surface area is 274 Å². The Morgan fingerprint density at radius 3 is 1.73 bits per heavy atom. The number of hydrogen-bond acceptors (Lipinski definition) is 3. The predicted octanol–water partition coefficient (Wildman–Crippen LogP) is 9.01. The van der Waals surface area contributed by atoms with Gasteiger partial charge in [0.1, 0.15) is 0 Å². The second kappa shape index (κ2) is 12.0. The van der Waals surface area contributed by atoms with Crippen molar-refractivity contribution < 1.29 is 19.5 Å². The maximum atomic E-state index is 5.26. The maximum Gasteiger partial charge on any atom is 2.00 e. The van der Waals surface area contributed by atoms with Gasteiger partial charge in [0, 0.05) is 12.7 Å². The molecule has 2 aliphatic rings. The van der Waals surface area contributed by atoms with Crippen LogP contribution in [0.3, 0.4) is 0 Å². The topological polar surface area (TPSA) is 57.2 Å². The summed E-state index contributed by atoms with van der Waals surface area (Å²) < 4.78 is 0. The summed E-state index contributed by atoms with van der Waals surface area (Å²) in [7, 11) is 2.07. The molecule has 2 aliphatic heterocycles. The summed E-state index contributed by atoms with van der Waals surface area (Å²) in [6.45, 7) is 0. The van der Waals surface area contributed by atoms with E-state index in [9.17, 15) is 0 Å². The molecule has 0 amide bonds. The molecule has 6 aromatic rings. The van der Waals surface area contributed by atoms with Gasteiger partial charge in [0.25, 0.3) is 0 Å². The maximum absolute atomic E-state index is 5.26. The van der Waals surface area contributed by atoms with Crippen LogP contribution in [0.15, 0.2) is 121 Å². The molecule has 5 heterocycles. The van der Waals surface area contributed by atoms with Gasteiger partial charge in [-0.15, -0.1) is 22.1 Å². The van der Waals surface area contributed by atoms with Crippen molar-refractivity contribution in [2.45, 2.75) is 0 Å². The van der Waals surface area contributed by atoms with Crippen LogP contribution < -0.4 is 14.9 Å². The smallest absolute Gasteiger partial charge is 0.657 e. The number of fused-ring (bicyclic) bond motifs is 8. The minimum atomic E-state index is 0. The van der Waals surface area contributed by atoms with Crippen LogP contribution in [-0.2, 0) is 19.5 Å². The molecule has 0 atom stereocenters. The van der Waals surface area contributed by atoms with Gasteiger partial charge < -0.3 is 14.9 Å². The van der Waals surface area contributed by atoms with Crippen molar-refractivity contribution in [3.05, 3.63) is 144 Å². The Morgan fingerprint density at radius 2 is 1.04 bits per heavy atom. The summed E-state index contributed by atoms with van der Waals surface area (Å²) in [6, 6.07) is 41.3. The molecule has 0 saturated carbocycles. The van der Waals surface area contributed by atoms with Gasteiger partial charge >= 0.3 is 19.5 Å². The number of benzene rings is 3. The number of aromatic nitrogens is 4. The van der Waals surface area contributed by atoms with E-state index in [1.165, 1.54) is 0 Å². The van der Waals surface area contributed by atoms with Crippen molar-refractivity contribution >= 4 is 57.7 Å². The van der Waals surface area contributed by atoms with Gasteiger partial charge in [-0.1, -0.05) is 109 Å². The van der Waals surface area contributed by atoms with Crippen molar-refractivity contribution in [3.8, 4) is 22.3 Å². The van der Waals surface area contributed by atoms with E-state index >= 15 is 0 Å². The van der Waals surface area contributed by atoms with E-state index < -0.39 is 0 Å². The molecular formula is C39H27N5Zn. The zero-order valence-electron chi connectivity index (χ0n) is 24.8. The first-order valence-electron chi connectivity index (χ1n) is 14.6. The Kier molecular flexibility index (Phi) is 7.58. The molecule has 0 radical (unpaired) electrons. The van der Waals surface area contributed by atoms with E-state index in [1.807, 2.05) is 72.8 Å². The molecule has 6 heteroatoms. The summed E-state index contributed by atoms with van der Waals surface area (Å²) in [5.41, 5.74) is 12.9. The monoisotopic (exact) mass is 629 g/mol. The van der Waals surface area contributed by atoms with Crippen LogP contribution in [-0.4, -0.2) is 17.0 Å². The molecule has 0 N–H and O–H groups in total. The van der Waals surface area contributed by atoms with Gasteiger partial charge in [-0.25, -0.2) is 9.97 Å². The molecule has 0 spiro atoms. The third-order valence-electron chi connectivity index (χ3n) is 8.01. The van der Waals surface area contributed by atoms with E-state index in [4.69, 9.17) is 19.9 Å². The Bertz CT molecular complexity index is 2190. The van der Waals surface area contributed by atoms with Crippen LogP contribution in [0, 0.1) is 0 Å². The number of anilines is 2. The summed E-state index contributed by atoms with van der Waals surface area (Å²) in [6.07, 6.45) is 8.28. The third kappa shape index (κ3) is 5.35. The Hall–Kier alpha value is -5.32. The average Bonchev–Trinajstić information content (AvgIpc) is 3.90. The van der Waals surface area contributed by atoms with Gasteiger partial charge in [0.15, 0.2) is 0 Å². The molecule has 0 unspecified atom stereocenters. The fourth-order valence-electron chi connectivity index (χ4n) is 5.93. The minimum Gasteiger partial charge on any atom is -0.657 e. The summed E-state index contributed by atoms with van der Waals surface area (Å²) >= 11 is 0. The Morgan fingerprint density at radius 1 is 0.511 bits per heavy atom. The SMILES string of the molecule is CN(c1ccccc1)c1c2nc(c(-c3ccccc3)c3ccc(cc4nc(c(-c5ccccc5)c5ccc1[n-]5)C=C4)[n-]3)C=C2.[Zn+2]. The molecule has 3 aromatic heterocycles. The molecular weight excluding hydrogens is 604 g/mol. The van der Waals surface area contributed by atoms with Crippen LogP contribution in [0.4, 0.5) is 11.4 Å². The van der Waals surface area contributed by atoms with Crippen molar-refractivity contribution in [1.82, 2.24) is 19.9 Å². The van der Waals surface area contributed by atoms with Crippen molar-refractivity contribution in [2.24, 2.45) is 0 Å². The Balaban J connectivity index is 0.00000325. The molecule has 8 bridgehead atoms. The molecule has 210 valence electrons. The first kappa shape index (κ1) is 28.5. The average molecular weight is 631 g/mol. The summed E-state index contributed by atoms with van der Waals surface area (Å²) in [4.78, 5) is 22.8. The van der Waals surface area contributed by atoms with Crippen LogP contribution in [0.25, 0.3) is 68.6 Å². The normalized spacial score (nSPS) is 11.8. The fraction of sp³-hybridized carbons (Fsp3) is 0.0256. The van der Waals surface area contributed by atoms with Gasteiger partial charge in [0.2, 0.25) is 0 Å². The van der Waals surface area contributed by atoms with Gasteiger partial charge in [-0.3, -0.25) is 0 Å². The number of rotatable bonds is 4. The standard InChI is InChI=1S/C39H27N5.Zn/c1-44(30-15-9-4-10-16-30)39-35-23-21-33(42-35)37(26-11-5-2-6-12-26)31-19-17-28(40-31)25-29-18-20-32(41-29)38(27-13-7-3-8-14-27)34-22-24-36(39)43-34;/h2-25H,1H3;/q-2;+2. The quantitative estimate of drug-likeness (QED) is 0.182. The molecule has 0 fully saturated rings. The minimum absolute atomic E-state index is 0. The van der Waals surface area contributed by atoms with Crippen LogP contribution in [0.1, 0.15) is 22.8 Å². The van der Waals surface area contributed by atoms with Crippen LogP contribution >= 0.6 is 0 Å². The molecule has 45 heavy (non-hydrogen) atoms. The van der Waals surface area contributed by atoms with Crippen molar-refractivity contribution in [1.29, 1.82) is 0 Å². The summed E-state index contributed by atoms with van der Waals surface area (Å²) in [5.74, 6) is 0. The molecule has 0 aliphatic carbocycles. The zero-order chi connectivity index (χ0) is 29.5. The first-order chi connectivity index (χ1) is 21.7.